The topological polar surface area (TPSA) is 123 Å². The van der Waals surface area contributed by atoms with Crippen LogP contribution in [0.4, 0.5) is 11.5 Å². The van der Waals surface area contributed by atoms with Crippen molar-refractivity contribution in [2.24, 2.45) is 0 Å². The molecule has 0 saturated carbocycles. The summed E-state index contributed by atoms with van der Waals surface area (Å²) < 4.78 is 6.50. The van der Waals surface area contributed by atoms with Gasteiger partial charge in [0, 0.05) is 25.3 Å². The number of pyridine rings is 1. The molecule has 4 rings (SSSR count). The first-order chi connectivity index (χ1) is 13.9. The highest BCUT2D eigenvalue weighted by molar-refractivity contribution is 5.91. The average molecular weight is 397 g/mol. The van der Waals surface area contributed by atoms with Crippen LogP contribution in [0.3, 0.4) is 0 Å². The summed E-state index contributed by atoms with van der Waals surface area (Å²) in [5.41, 5.74) is -0.900. The first-order valence-corrected chi connectivity index (χ1v) is 9.22. The number of nitrogens with zero attached hydrogens (tertiary/aromatic N) is 4. The van der Waals surface area contributed by atoms with E-state index in [1.165, 1.54) is 10.6 Å². The third-order valence-corrected chi connectivity index (χ3v) is 4.97. The van der Waals surface area contributed by atoms with Crippen LogP contribution in [0.15, 0.2) is 45.7 Å². The number of anilines is 1. The number of nitro groups is 1. The molecule has 0 unspecified atom stereocenters. The Balaban J connectivity index is 1.53. The number of rotatable bonds is 4. The van der Waals surface area contributed by atoms with Crippen LogP contribution in [0.25, 0.3) is 5.65 Å². The lowest BCUT2D eigenvalue weighted by atomic mass is 10.0. The molecule has 150 valence electrons. The fourth-order valence-corrected chi connectivity index (χ4v) is 3.50. The van der Waals surface area contributed by atoms with Crippen molar-refractivity contribution < 1.29 is 14.1 Å². The molecule has 1 aliphatic rings. The standard InChI is InChI=1S/C19H19N5O5/c1-12-5-6-14(29-12)18(25)20-13-7-10-22(11-8-13)17-16(24(27)28)19(26)23-9-3-2-4-15(23)21-17/h2-6,9,13H,7-8,10-11H2,1H3,(H,20,25). The van der Waals surface area contributed by atoms with Crippen LogP contribution in [0.1, 0.15) is 29.2 Å². The zero-order valence-corrected chi connectivity index (χ0v) is 15.7. The molecule has 29 heavy (non-hydrogen) atoms. The summed E-state index contributed by atoms with van der Waals surface area (Å²) in [4.78, 5) is 41.8. The molecule has 0 atom stereocenters. The Morgan fingerprint density at radius 3 is 2.69 bits per heavy atom. The lowest BCUT2D eigenvalue weighted by molar-refractivity contribution is -0.385. The highest BCUT2D eigenvalue weighted by Crippen LogP contribution is 2.26. The van der Waals surface area contributed by atoms with Crippen LogP contribution in [-0.4, -0.2) is 39.3 Å². The van der Waals surface area contributed by atoms with Gasteiger partial charge >= 0.3 is 11.2 Å². The van der Waals surface area contributed by atoms with Gasteiger partial charge in [-0.05, 0) is 44.0 Å². The maximum Gasteiger partial charge on any atom is 0.376 e. The summed E-state index contributed by atoms with van der Waals surface area (Å²) in [6, 6.07) is 8.22. The summed E-state index contributed by atoms with van der Waals surface area (Å²) in [7, 11) is 0. The second-order valence-corrected chi connectivity index (χ2v) is 6.92. The molecule has 0 aliphatic carbocycles. The molecular weight excluding hydrogens is 378 g/mol. The molecule has 1 fully saturated rings. The van der Waals surface area contributed by atoms with Crippen LogP contribution in [-0.2, 0) is 0 Å². The van der Waals surface area contributed by atoms with Crippen molar-refractivity contribution in [3.8, 4) is 0 Å². The zero-order chi connectivity index (χ0) is 20.5. The summed E-state index contributed by atoms with van der Waals surface area (Å²) in [6.45, 7) is 2.62. The van der Waals surface area contributed by atoms with Gasteiger partial charge in [0.2, 0.25) is 5.82 Å². The number of amides is 1. The number of aromatic nitrogens is 2. The van der Waals surface area contributed by atoms with E-state index in [1.807, 2.05) is 0 Å². The van der Waals surface area contributed by atoms with E-state index in [0.29, 0.717) is 37.3 Å². The first kappa shape index (κ1) is 18.7. The molecule has 3 aromatic heterocycles. The minimum absolute atomic E-state index is 0.0673. The zero-order valence-electron chi connectivity index (χ0n) is 15.7. The minimum Gasteiger partial charge on any atom is -0.456 e. The number of carbonyl (C=O) groups is 1. The van der Waals surface area contributed by atoms with Crippen molar-refractivity contribution in [2.75, 3.05) is 18.0 Å². The average Bonchev–Trinajstić information content (AvgIpc) is 3.15. The third-order valence-electron chi connectivity index (χ3n) is 4.97. The summed E-state index contributed by atoms with van der Waals surface area (Å²) in [6.07, 6.45) is 2.59. The van der Waals surface area contributed by atoms with Crippen molar-refractivity contribution in [3.63, 3.8) is 0 Å². The number of fused-ring (bicyclic) bond motifs is 1. The molecule has 0 bridgehead atoms. The van der Waals surface area contributed by atoms with Gasteiger partial charge in [0.05, 0.1) is 4.92 Å². The van der Waals surface area contributed by atoms with E-state index in [4.69, 9.17) is 4.42 Å². The lowest BCUT2D eigenvalue weighted by Crippen LogP contribution is -2.45. The normalized spacial score (nSPS) is 14.9. The van der Waals surface area contributed by atoms with Crippen LogP contribution in [0, 0.1) is 17.0 Å². The Bertz CT molecular complexity index is 1140. The van der Waals surface area contributed by atoms with Gasteiger partial charge in [0.1, 0.15) is 11.4 Å². The van der Waals surface area contributed by atoms with E-state index < -0.39 is 16.2 Å². The van der Waals surface area contributed by atoms with Crippen LogP contribution < -0.4 is 15.8 Å². The number of carbonyl (C=O) groups excluding carboxylic acids is 1. The molecule has 1 aliphatic heterocycles. The molecular formula is C19H19N5O5. The van der Waals surface area contributed by atoms with Gasteiger partial charge in [-0.3, -0.25) is 24.1 Å². The van der Waals surface area contributed by atoms with Gasteiger partial charge in [-0.25, -0.2) is 4.98 Å². The largest absolute Gasteiger partial charge is 0.456 e. The van der Waals surface area contributed by atoms with E-state index in [-0.39, 0.29) is 23.5 Å². The maximum atomic E-state index is 12.6. The van der Waals surface area contributed by atoms with Gasteiger partial charge in [-0.15, -0.1) is 0 Å². The number of aryl methyl sites for hydroxylation is 1. The Morgan fingerprint density at radius 2 is 2.03 bits per heavy atom. The van der Waals surface area contributed by atoms with Crippen molar-refractivity contribution in [1.82, 2.24) is 14.7 Å². The molecule has 4 heterocycles. The predicted molar refractivity (Wildman–Crippen MR) is 104 cm³/mol. The Hall–Kier alpha value is -3.69. The molecule has 10 heteroatoms. The number of piperidine rings is 1. The van der Waals surface area contributed by atoms with Crippen molar-refractivity contribution in [1.29, 1.82) is 0 Å². The molecule has 1 saturated heterocycles. The van der Waals surface area contributed by atoms with Crippen LogP contribution >= 0.6 is 0 Å². The van der Waals surface area contributed by atoms with E-state index in [9.17, 15) is 19.7 Å². The lowest BCUT2D eigenvalue weighted by Gasteiger charge is -2.32. The Kier molecular flexibility index (Phi) is 4.75. The highest BCUT2D eigenvalue weighted by atomic mass is 16.6. The number of nitrogens with one attached hydrogen (secondary N) is 1. The first-order valence-electron chi connectivity index (χ1n) is 9.22. The number of hydrogen-bond donors (Lipinski definition) is 1. The third kappa shape index (κ3) is 3.56. The fourth-order valence-electron chi connectivity index (χ4n) is 3.50. The van der Waals surface area contributed by atoms with Gasteiger partial charge in [0.15, 0.2) is 5.76 Å². The molecule has 0 aromatic carbocycles. The molecule has 10 nitrogen and oxygen atoms in total. The predicted octanol–water partition coefficient (Wildman–Crippen LogP) is 1.90. The molecule has 0 radical (unpaired) electrons. The molecule has 1 amide bonds. The summed E-state index contributed by atoms with van der Waals surface area (Å²) in [5, 5.41) is 14.5. The summed E-state index contributed by atoms with van der Waals surface area (Å²) in [5.74, 6) is 0.693. The minimum atomic E-state index is -0.709. The molecule has 3 aromatic rings. The monoisotopic (exact) mass is 397 g/mol. The van der Waals surface area contributed by atoms with Gasteiger partial charge in [0.25, 0.3) is 5.91 Å². The van der Waals surface area contributed by atoms with Crippen LogP contribution in [0.2, 0.25) is 0 Å². The number of hydrogen-bond acceptors (Lipinski definition) is 7. The highest BCUT2D eigenvalue weighted by Gasteiger charge is 2.31. The smallest absolute Gasteiger partial charge is 0.376 e. The van der Waals surface area contributed by atoms with Gasteiger partial charge < -0.3 is 14.6 Å². The molecule has 1 N–H and O–H groups in total. The van der Waals surface area contributed by atoms with E-state index in [2.05, 4.69) is 10.3 Å². The molecule has 0 spiro atoms. The van der Waals surface area contributed by atoms with Crippen LogP contribution in [0.5, 0.6) is 0 Å². The quantitative estimate of drug-likeness (QED) is 0.527. The van der Waals surface area contributed by atoms with Crippen molar-refractivity contribution in [2.45, 2.75) is 25.8 Å². The van der Waals surface area contributed by atoms with Gasteiger partial charge in [-0.2, -0.15) is 0 Å². The second kappa shape index (κ2) is 7.38. The van der Waals surface area contributed by atoms with E-state index in [0.717, 1.165) is 0 Å². The van der Waals surface area contributed by atoms with E-state index in [1.54, 1.807) is 42.2 Å². The van der Waals surface area contributed by atoms with Crippen molar-refractivity contribution in [3.05, 3.63) is 68.5 Å². The second-order valence-electron chi connectivity index (χ2n) is 6.92. The summed E-state index contributed by atoms with van der Waals surface area (Å²) >= 11 is 0. The van der Waals surface area contributed by atoms with E-state index >= 15 is 0 Å². The number of furan rings is 1. The Labute approximate surface area is 164 Å². The van der Waals surface area contributed by atoms with Crippen molar-refractivity contribution >= 4 is 23.1 Å². The Morgan fingerprint density at radius 1 is 1.28 bits per heavy atom. The maximum absolute atomic E-state index is 12.6. The fraction of sp³-hybridized carbons (Fsp3) is 0.316. The SMILES string of the molecule is Cc1ccc(C(=O)NC2CCN(c3nc4ccccn4c(=O)c3[N+](=O)[O-])CC2)o1. The van der Waals surface area contributed by atoms with Gasteiger partial charge in [-0.1, -0.05) is 6.07 Å².